The number of aromatic hydroxyl groups is 1. The minimum atomic E-state index is -1.32. The van der Waals surface area contributed by atoms with Crippen LogP contribution in [0.2, 0.25) is 0 Å². The van der Waals surface area contributed by atoms with Gasteiger partial charge in [0.05, 0.1) is 12.1 Å². The zero-order valence-electron chi connectivity index (χ0n) is 31.6. The number of H-pyrrole nitrogens is 1. The van der Waals surface area contributed by atoms with E-state index >= 15 is 0 Å². The van der Waals surface area contributed by atoms with Gasteiger partial charge in [0.2, 0.25) is 23.6 Å². The monoisotopic (exact) mass is 786 g/mol. The van der Waals surface area contributed by atoms with Crippen molar-refractivity contribution in [1.82, 2.24) is 31.2 Å². The zero-order chi connectivity index (χ0) is 41.5. The first kappa shape index (κ1) is 43.4. The maximum Gasteiger partial charge on any atom is 0.354 e. The lowest BCUT2D eigenvalue weighted by Gasteiger charge is -2.26. The molecule has 0 unspecified atom stereocenters. The summed E-state index contributed by atoms with van der Waals surface area (Å²) >= 11 is 0. The van der Waals surface area contributed by atoms with Crippen LogP contribution in [0.3, 0.4) is 0 Å². The number of hydrogen-bond acceptors (Lipinski definition) is 10. The van der Waals surface area contributed by atoms with Gasteiger partial charge in [0.25, 0.3) is 5.91 Å². The van der Waals surface area contributed by atoms with E-state index < -0.39 is 65.8 Å². The second-order valence-corrected chi connectivity index (χ2v) is 13.9. The Bertz CT molecular complexity index is 2020. The van der Waals surface area contributed by atoms with Gasteiger partial charge >= 0.3 is 5.97 Å². The van der Waals surface area contributed by atoms with Crippen molar-refractivity contribution < 1.29 is 44.1 Å². The molecule has 304 valence electrons. The maximum absolute atomic E-state index is 14.2. The van der Waals surface area contributed by atoms with Gasteiger partial charge in [0, 0.05) is 54.9 Å². The van der Waals surface area contributed by atoms with Crippen LogP contribution in [0, 0.1) is 0 Å². The number of nitrogens with zero attached hydrogens (tertiary/aromatic N) is 1. The molecule has 0 saturated heterocycles. The van der Waals surface area contributed by atoms with Gasteiger partial charge in [-0.1, -0.05) is 42.8 Å². The molecule has 17 heteroatoms. The van der Waals surface area contributed by atoms with Crippen molar-refractivity contribution in [3.63, 3.8) is 0 Å². The van der Waals surface area contributed by atoms with Crippen LogP contribution < -0.4 is 32.7 Å². The topological polar surface area (TPSA) is 292 Å². The molecule has 2 aromatic carbocycles. The van der Waals surface area contributed by atoms with Crippen LogP contribution >= 0.6 is 0 Å². The van der Waals surface area contributed by atoms with Crippen molar-refractivity contribution in [2.75, 3.05) is 6.54 Å². The van der Waals surface area contributed by atoms with Gasteiger partial charge in [-0.15, -0.1) is 0 Å². The Kier molecular flexibility index (Phi) is 16.1. The SMILES string of the molecule is C[C@@H](O)[C@@H](CC(N)=O)NC(=O)C[C@H](CCCCN)NC(=O)[C@@H](Cc1c[nH]c2ccccc12)NC(=O)C[C@H](Cc1ccc(O)cc1)NC(=O)c1cccc(C(=O)O)n1. The average Bonchev–Trinajstić information content (AvgIpc) is 3.57. The number of rotatable bonds is 22. The minimum Gasteiger partial charge on any atom is -0.508 e. The molecule has 0 aliphatic heterocycles. The normalized spacial score (nSPS) is 13.7. The highest BCUT2D eigenvalue weighted by Crippen LogP contribution is 2.20. The largest absolute Gasteiger partial charge is 0.508 e. The van der Waals surface area contributed by atoms with Crippen LogP contribution in [0.5, 0.6) is 5.75 Å². The van der Waals surface area contributed by atoms with Crippen molar-refractivity contribution in [3.8, 4) is 5.75 Å². The summed E-state index contributed by atoms with van der Waals surface area (Å²) in [4.78, 5) is 84.6. The van der Waals surface area contributed by atoms with Gasteiger partial charge in [-0.25, -0.2) is 9.78 Å². The molecule has 57 heavy (non-hydrogen) atoms. The Morgan fingerprint density at radius 3 is 2.16 bits per heavy atom. The molecule has 17 nitrogen and oxygen atoms in total. The Labute approximate surface area is 329 Å². The van der Waals surface area contributed by atoms with Crippen LogP contribution in [0.15, 0.2) is 72.9 Å². The van der Waals surface area contributed by atoms with Crippen LogP contribution in [0.25, 0.3) is 10.9 Å². The summed E-state index contributed by atoms with van der Waals surface area (Å²) in [5.41, 5.74) is 12.7. The number of para-hydroxylation sites is 1. The summed E-state index contributed by atoms with van der Waals surface area (Å²) < 4.78 is 0. The standard InChI is InChI=1S/C40H50N8O9/c1-23(49)33(21-35(42)51)47-36(52)19-26(7-4-5-16-41)44-39(55)34(18-25-22-43-30-9-3-2-8-29(25)30)48-37(53)20-27(17-24-12-14-28(50)15-13-24)45-38(54)31-10-6-11-32(46-31)40(56)57/h2-3,6,8-15,22-23,26-27,33-34,43,49-50H,4-5,7,16-21,41H2,1H3,(H2,42,51)(H,44,55)(H,45,54)(H,47,52)(H,48,53)(H,56,57)/t23-,26+,27+,33-,34-/m1/s1. The van der Waals surface area contributed by atoms with Crippen molar-refractivity contribution in [2.45, 2.75) is 88.6 Å². The van der Waals surface area contributed by atoms with Gasteiger partial charge in [-0.05, 0) is 74.2 Å². The van der Waals surface area contributed by atoms with E-state index in [1.807, 2.05) is 24.3 Å². The number of nitrogens with one attached hydrogen (secondary N) is 5. The molecule has 0 aliphatic carbocycles. The number of aromatic nitrogens is 2. The molecular formula is C40H50N8O9. The van der Waals surface area contributed by atoms with Gasteiger partial charge in [0.15, 0.2) is 0 Å². The summed E-state index contributed by atoms with van der Waals surface area (Å²) in [6.45, 7) is 1.80. The number of nitrogens with two attached hydrogens (primary N) is 2. The lowest BCUT2D eigenvalue weighted by atomic mass is 10.00. The highest BCUT2D eigenvalue weighted by molar-refractivity contribution is 5.95. The van der Waals surface area contributed by atoms with Crippen molar-refractivity contribution in [1.29, 1.82) is 0 Å². The number of primary amides is 1. The lowest BCUT2D eigenvalue weighted by Crippen LogP contribution is -2.53. The second-order valence-electron chi connectivity index (χ2n) is 13.9. The first-order valence-electron chi connectivity index (χ1n) is 18.6. The van der Waals surface area contributed by atoms with Crippen LogP contribution in [-0.2, 0) is 32.0 Å². The fourth-order valence-corrected chi connectivity index (χ4v) is 6.35. The molecule has 12 N–H and O–H groups in total. The third-order valence-electron chi connectivity index (χ3n) is 9.27. The number of aliphatic hydroxyl groups is 1. The Morgan fingerprint density at radius 1 is 0.789 bits per heavy atom. The first-order valence-corrected chi connectivity index (χ1v) is 18.6. The highest BCUT2D eigenvalue weighted by atomic mass is 16.4. The zero-order valence-corrected chi connectivity index (χ0v) is 31.6. The number of fused-ring (bicyclic) bond motifs is 1. The molecule has 5 atom stereocenters. The van der Waals surface area contributed by atoms with E-state index in [1.165, 1.54) is 37.3 Å². The third-order valence-corrected chi connectivity index (χ3v) is 9.27. The van der Waals surface area contributed by atoms with E-state index in [0.717, 1.165) is 16.5 Å². The fourth-order valence-electron chi connectivity index (χ4n) is 6.35. The molecule has 4 rings (SSSR count). The summed E-state index contributed by atoms with van der Waals surface area (Å²) in [6.07, 6.45) is 1.58. The summed E-state index contributed by atoms with van der Waals surface area (Å²) in [5.74, 6) is -4.46. The van der Waals surface area contributed by atoms with Gasteiger partial charge in [-0.2, -0.15) is 0 Å². The molecule has 0 saturated carbocycles. The van der Waals surface area contributed by atoms with Crippen molar-refractivity contribution in [3.05, 3.63) is 95.4 Å². The molecule has 0 radical (unpaired) electrons. The number of amides is 5. The molecule has 0 fully saturated rings. The van der Waals surface area contributed by atoms with E-state index in [1.54, 1.807) is 18.3 Å². The molecular weight excluding hydrogens is 736 g/mol. The number of hydrogen-bond donors (Lipinski definition) is 10. The van der Waals surface area contributed by atoms with E-state index in [9.17, 15) is 44.1 Å². The predicted molar refractivity (Wildman–Crippen MR) is 210 cm³/mol. The second kappa shape index (κ2) is 21.1. The average molecular weight is 787 g/mol. The number of benzene rings is 2. The number of carboxylic acid groups (broad SMARTS) is 1. The number of pyridine rings is 1. The molecule has 0 aliphatic rings. The van der Waals surface area contributed by atoms with Gasteiger partial charge < -0.3 is 53.0 Å². The first-order chi connectivity index (χ1) is 27.2. The van der Waals surface area contributed by atoms with Crippen LogP contribution in [0.1, 0.15) is 77.6 Å². The summed E-state index contributed by atoms with van der Waals surface area (Å²) in [5, 5.41) is 41.2. The molecule has 0 bridgehead atoms. The fraction of sp³-hybridized carbons (Fsp3) is 0.375. The number of unbranched alkanes of at least 4 members (excludes halogenated alkanes) is 1. The molecule has 4 aromatic rings. The van der Waals surface area contributed by atoms with E-state index in [0.29, 0.717) is 31.4 Å². The van der Waals surface area contributed by atoms with E-state index in [2.05, 4.69) is 31.2 Å². The number of aromatic amines is 1. The molecule has 2 aromatic heterocycles. The van der Waals surface area contributed by atoms with Gasteiger partial charge in [-0.3, -0.25) is 24.0 Å². The molecule has 0 spiro atoms. The number of phenols is 1. The number of aromatic carboxylic acids is 1. The molecule has 2 heterocycles. The smallest absolute Gasteiger partial charge is 0.354 e. The predicted octanol–water partition coefficient (Wildman–Crippen LogP) is 1.17. The number of carbonyl (C=O) groups excluding carboxylic acids is 5. The number of carbonyl (C=O) groups is 6. The Hall–Kier alpha value is -6.33. The summed E-state index contributed by atoms with van der Waals surface area (Å²) in [7, 11) is 0. The maximum atomic E-state index is 14.2. The number of carboxylic acids is 1. The summed E-state index contributed by atoms with van der Waals surface area (Å²) in [6, 6.07) is 13.9. The Balaban J connectivity index is 1.58. The highest BCUT2D eigenvalue weighted by Gasteiger charge is 2.29. The van der Waals surface area contributed by atoms with Crippen molar-refractivity contribution >= 4 is 46.4 Å². The number of aliphatic hydroxyl groups excluding tert-OH is 1. The third kappa shape index (κ3) is 13.7. The quantitative estimate of drug-likeness (QED) is 0.0505. The van der Waals surface area contributed by atoms with Gasteiger partial charge in [0.1, 0.15) is 23.2 Å². The van der Waals surface area contributed by atoms with Crippen LogP contribution in [0.4, 0.5) is 0 Å². The minimum absolute atomic E-state index is 0.0187. The lowest BCUT2D eigenvalue weighted by molar-refractivity contribution is -0.130. The Morgan fingerprint density at radius 2 is 1.47 bits per heavy atom. The molecule has 5 amide bonds. The van der Waals surface area contributed by atoms with Crippen molar-refractivity contribution in [2.24, 2.45) is 11.5 Å². The van der Waals surface area contributed by atoms with E-state index in [-0.39, 0.29) is 49.2 Å². The number of phenolic OH excluding ortho intramolecular Hbond substituents is 1. The van der Waals surface area contributed by atoms with E-state index in [4.69, 9.17) is 11.5 Å². The van der Waals surface area contributed by atoms with Crippen LogP contribution in [-0.4, -0.2) is 97.6 Å².